The first-order valence-corrected chi connectivity index (χ1v) is 9.13. The van der Waals surface area contributed by atoms with Gasteiger partial charge >= 0.3 is 0 Å². The zero-order chi connectivity index (χ0) is 18.8. The molecule has 136 valence electrons. The Labute approximate surface area is 159 Å². The summed E-state index contributed by atoms with van der Waals surface area (Å²) < 4.78 is 0. The Bertz CT molecular complexity index is 850. The normalized spacial score (nSPS) is 17.8. The second-order valence-corrected chi connectivity index (χ2v) is 7.25. The Morgan fingerprint density at radius 1 is 1.00 bits per heavy atom. The van der Waals surface area contributed by atoms with Crippen LogP contribution in [0.4, 0.5) is 0 Å². The third kappa shape index (κ3) is 3.61. The van der Waals surface area contributed by atoms with Gasteiger partial charge in [0.05, 0.1) is 0 Å². The number of carbonyl (C=O) groups excluding carboxylic acids is 2. The van der Waals surface area contributed by atoms with Gasteiger partial charge in [0.25, 0.3) is 0 Å². The van der Waals surface area contributed by atoms with Crippen molar-refractivity contribution in [3.05, 3.63) is 69.7 Å². The number of rotatable bonds is 4. The molecule has 1 heterocycles. The Hall–Kier alpha value is -2.33. The molecule has 0 bridgehead atoms. The topological polar surface area (TPSA) is 40.6 Å². The Morgan fingerprint density at radius 3 is 2.42 bits per heavy atom. The third-order valence-electron chi connectivity index (χ3n) is 5.16. The highest BCUT2D eigenvalue weighted by molar-refractivity contribution is 6.31. The zero-order valence-electron chi connectivity index (χ0n) is 15.3. The first-order valence-electron chi connectivity index (χ1n) is 8.75. The molecule has 4 nitrogen and oxygen atoms in total. The Balaban J connectivity index is 1.77. The number of benzene rings is 2. The number of halogens is 1. The van der Waals surface area contributed by atoms with Crippen molar-refractivity contribution in [3.63, 3.8) is 0 Å². The van der Waals surface area contributed by atoms with Gasteiger partial charge in [-0.2, -0.15) is 0 Å². The molecule has 1 saturated heterocycles. The number of amides is 2. The molecule has 2 aromatic carbocycles. The maximum absolute atomic E-state index is 12.8. The molecule has 2 aromatic rings. The summed E-state index contributed by atoms with van der Waals surface area (Å²) in [6.07, 6.45) is 0. The highest BCUT2D eigenvalue weighted by Gasteiger charge is 2.36. The smallest absolute Gasteiger partial charge is 0.245 e. The van der Waals surface area contributed by atoms with E-state index < -0.39 is 6.04 Å². The minimum absolute atomic E-state index is 0.0370. The quantitative estimate of drug-likeness (QED) is 0.823. The molecule has 1 aliphatic rings. The second kappa shape index (κ2) is 7.50. The van der Waals surface area contributed by atoms with E-state index in [2.05, 4.69) is 19.9 Å². The molecule has 0 unspecified atom stereocenters. The fraction of sp³-hybridized carbons (Fsp3) is 0.333. The van der Waals surface area contributed by atoms with E-state index in [0.717, 1.165) is 11.1 Å². The van der Waals surface area contributed by atoms with E-state index in [4.69, 9.17) is 11.6 Å². The first kappa shape index (κ1) is 18.5. The fourth-order valence-corrected chi connectivity index (χ4v) is 3.50. The van der Waals surface area contributed by atoms with E-state index in [-0.39, 0.29) is 18.4 Å². The number of nitrogens with zero attached hydrogens (tertiary/aromatic N) is 2. The summed E-state index contributed by atoms with van der Waals surface area (Å²) in [4.78, 5) is 28.8. The monoisotopic (exact) mass is 370 g/mol. The molecule has 0 aromatic heterocycles. The van der Waals surface area contributed by atoms with Crippen LogP contribution in [0.3, 0.4) is 0 Å². The van der Waals surface area contributed by atoms with Crippen molar-refractivity contribution in [2.45, 2.75) is 39.9 Å². The van der Waals surface area contributed by atoms with Gasteiger partial charge in [0.2, 0.25) is 11.8 Å². The van der Waals surface area contributed by atoms with Crippen LogP contribution in [0.5, 0.6) is 0 Å². The summed E-state index contributed by atoms with van der Waals surface area (Å²) in [5.41, 5.74) is 4.28. The van der Waals surface area contributed by atoms with Crippen LogP contribution in [0.25, 0.3) is 0 Å². The molecule has 1 fully saturated rings. The summed E-state index contributed by atoms with van der Waals surface area (Å²) in [6.45, 7) is 6.79. The molecule has 0 aliphatic carbocycles. The van der Waals surface area contributed by atoms with Gasteiger partial charge in [-0.25, -0.2) is 0 Å². The number of hydrogen-bond acceptors (Lipinski definition) is 2. The maximum Gasteiger partial charge on any atom is 0.245 e. The molecule has 1 aliphatic heterocycles. The SMILES string of the molecule is Cc1cccc(CN2C(=O)CN(Cc3ccccc3Cl)C(=O)[C@@H]2C)c1C. The molecule has 0 saturated carbocycles. The van der Waals surface area contributed by atoms with Crippen LogP contribution in [0, 0.1) is 13.8 Å². The second-order valence-electron chi connectivity index (χ2n) is 6.84. The lowest BCUT2D eigenvalue weighted by atomic mass is 10.0. The maximum atomic E-state index is 12.8. The van der Waals surface area contributed by atoms with Gasteiger partial charge in [0.1, 0.15) is 12.6 Å². The van der Waals surface area contributed by atoms with Gasteiger partial charge in [0.15, 0.2) is 0 Å². The summed E-state index contributed by atoms with van der Waals surface area (Å²) >= 11 is 6.20. The summed E-state index contributed by atoms with van der Waals surface area (Å²) in [5, 5.41) is 0.609. The minimum atomic E-state index is -0.487. The molecule has 5 heteroatoms. The van der Waals surface area contributed by atoms with Gasteiger partial charge < -0.3 is 9.80 Å². The van der Waals surface area contributed by atoms with Crippen LogP contribution in [-0.4, -0.2) is 34.2 Å². The van der Waals surface area contributed by atoms with Crippen molar-refractivity contribution in [1.82, 2.24) is 9.80 Å². The molecule has 0 N–H and O–H groups in total. The highest BCUT2D eigenvalue weighted by atomic mass is 35.5. The molecule has 2 amide bonds. The van der Waals surface area contributed by atoms with Crippen molar-refractivity contribution in [1.29, 1.82) is 0 Å². The lowest BCUT2D eigenvalue weighted by Gasteiger charge is -2.39. The first-order chi connectivity index (χ1) is 12.4. The van der Waals surface area contributed by atoms with Crippen molar-refractivity contribution in [2.24, 2.45) is 0 Å². The molecule has 0 radical (unpaired) electrons. The summed E-state index contributed by atoms with van der Waals surface area (Å²) in [5.74, 6) is -0.0834. The van der Waals surface area contributed by atoms with Crippen LogP contribution in [0.1, 0.15) is 29.2 Å². The minimum Gasteiger partial charge on any atom is -0.327 e. The average molecular weight is 371 g/mol. The van der Waals surface area contributed by atoms with Gasteiger partial charge in [-0.1, -0.05) is 48.0 Å². The summed E-state index contributed by atoms with van der Waals surface area (Å²) in [7, 11) is 0. The van der Waals surface area contributed by atoms with Gasteiger partial charge in [-0.3, -0.25) is 9.59 Å². The Morgan fingerprint density at radius 2 is 1.69 bits per heavy atom. The van der Waals surface area contributed by atoms with E-state index in [0.29, 0.717) is 18.1 Å². The third-order valence-corrected chi connectivity index (χ3v) is 5.53. The number of hydrogen-bond donors (Lipinski definition) is 0. The van der Waals surface area contributed by atoms with Crippen molar-refractivity contribution in [2.75, 3.05) is 6.54 Å². The number of aryl methyl sites for hydroxylation is 1. The lowest BCUT2D eigenvalue weighted by molar-refractivity contribution is -0.156. The van der Waals surface area contributed by atoms with Gasteiger partial charge in [-0.15, -0.1) is 0 Å². The largest absolute Gasteiger partial charge is 0.327 e. The van der Waals surface area contributed by atoms with Crippen LogP contribution in [0.15, 0.2) is 42.5 Å². The lowest BCUT2D eigenvalue weighted by Crippen LogP contribution is -2.58. The van der Waals surface area contributed by atoms with Crippen LogP contribution in [0.2, 0.25) is 5.02 Å². The van der Waals surface area contributed by atoms with Crippen LogP contribution < -0.4 is 0 Å². The van der Waals surface area contributed by atoms with Gasteiger partial charge in [0, 0.05) is 18.1 Å². The molecule has 3 rings (SSSR count). The summed E-state index contributed by atoms with van der Waals surface area (Å²) in [6, 6.07) is 13.0. The molecular formula is C21H23ClN2O2. The van der Waals surface area contributed by atoms with Crippen LogP contribution in [-0.2, 0) is 22.7 Å². The molecular weight excluding hydrogens is 348 g/mol. The number of carbonyl (C=O) groups is 2. The molecule has 1 atom stereocenters. The van der Waals surface area contributed by atoms with Crippen molar-refractivity contribution in [3.8, 4) is 0 Å². The van der Waals surface area contributed by atoms with E-state index in [1.54, 1.807) is 22.8 Å². The van der Waals surface area contributed by atoms with E-state index in [1.807, 2.05) is 30.3 Å². The zero-order valence-corrected chi connectivity index (χ0v) is 16.1. The van der Waals surface area contributed by atoms with E-state index in [9.17, 15) is 9.59 Å². The van der Waals surface area contributed by atoms with E-state index in [1.165, 1.54) is 11.1 Å². The molecule has 0 spiro atoms. The Kier molecular flexibility index (Phi) is 5.33. The molecule has 26 heavy (non-hydrogen) atoms. The average Bonchev–Trinajstić information content (AvgIpc) is 2.61. The predicted octanol–water partition coefficient (Wildman–Crippen LogP) is 3.72. The van der Waals surface area contributed by atoms with E-state index >= 15 is 0 Å². The highest BCUT2D eigenvalue weighted by Crippen LogP contribution is 2.23. The standard InChI is InChI=1S/C21H23ClN2O2/c1-14-7-6-9-17(15(14)2)12-24-16(3)21(26)23(13-20(24)25)11-18-8-4-5-10-19(18)22/h4-10,16H,11-13H2,1-3H3/t16-/m0/s1. The van der Waals surface area contributed by atoms with Crippen molar-refractivity contribution >= 4 is 23.4 Å². The van der Waals surface area contributed by atoms with Gasteiger partial charge in [-0.05, 0) is 49.1 Å². The van der Waals surface area contributed by atoms with Crippen molar-refractivity contribution < 1.29 is 9.59 Å². The number of piperazine rings is 1. The predicted molar refractivity (Wildman–Crippen MR) is 103 cm³/mol. The van der Waals surface area contributed by atoms with Crippen LogP contribution >= 0.6 is 11.6 Å². The fourth-order valence-electron chi connectivity index (χ4n) is 3.30.